The molecule has 2 amide bonds. The number of carbonyl (C=O) groups excluding carboxylic acids is 2. The molecule has 3 aliphatic heterocycles. The van der Waals surface area contributed by atoms with E-state index < -0.39 is 57.2 Å². The first-order chi connectivity index (χ1) is 18.9. The van der Waals surface area contributed by atoms with E-state index in [2.05, 4.69) is 15.0 Å². The monoisotopic (exact) mass is 579 g/mol. The molecule has 2 atom stereocenters. The summed E-state index contributed by atoms with van der Waals surface area (Å²) in [5.74, 6) is -1.84. The van der Waals surface area contributed by atoms with Crippen LogP contribution in [0.2, 0.25) is 0 Å². The van der Waals surface area contributed by atoms with Crippen molar-refractivity contribution < 1.29 is 35.6 Å². The Kier molecular flexibility index (Phi) is 6.37. The van der Waals surface area contributed by atoms with Crippen molar-refractivity contribution in [1.82, 2.24) is 10.2 Å². The normalized spacial score (nSPS) is 23.9. The van der Waals surface area contributed by atoms with Gasteiger partial charge in [0, 0.05) is 31.6 Å². The standard InChI is InChI=1S/C26H25F4N5O4S/c27-15-11-19(22-20(12-15)40(38,39)33-23(32-22)14-5-6-14)34-9-7-16(13-21(34)26(28,29)30)31-8-10-35-24(36)17-3-1-2-4-18(17)25(35)37/h1-4,11-12,14,16,21,31H,5-10,13H2,(H,32,33)/t16-,21+/m1/s1. The lowest BCUT2D eigenvalue weighted by Gasteiger charge is -2.43. The number of sulfonamides is 1. The Balaban J connectivity index is 1.19. The molecule has 0 spiro atoms. The summed E-state index contributed by atoms with van der Waals surface area (Å²) < 4.78 is 86.9. The molecule has 3 heterocycles. The Hall–Kier alpha value is -3.52. The lowest BCUT2D eigenvalue weighted by Crippen LogP contribution is -2.56. The smallest absolute Gasteiger partial charge is 0.358 e. The van der Waals surface area contributed by atoms with Gasteiger partial charge in [0.2, 0.25) is 0 Å². The van der Waals surface area contributed by atoms with Gasteiger partial charge in [-0.2, -0.15) is 21.6 Å². The van der Waals surface area contributed by atoms with Gasteiger partial charge in [-0.05, 0) is 49.9 Å². The molecule has 1 saturated heterocycles. The maximum Gasteiger partial charge on any atom is 0.408 e. The zero-order valence-corrected chi connectivity index (χ0v) is 21.9. The third-order valence-electron chi connectivity index (χ3n) is 7.70. The molecule has 40 heavy (non-hydrogen) atoms. The van der Waals surface area contributed by atoms with E-state index in [1.54, 1.807) is 24.3 Å². The third kappa shape index (κ3) is 4.72. The van der Waals surface area contributed by atoms with E-state index in [1.165, 1.54) is 0 Å². The Labute approximate surface area is 227 Å². The van der Waals surface area contributed by atoms with Crippen LogP contribution in [-0.2, 0) is 10.0 Å². The van der Waals surface area contributed by atoms with Gasteiger partial charge in [0.15, 0.2) is 0 Å². The highest BCUT2D eigenvalue weighted by Gasteiger charge is 2.48. The number of rotatable bonds is 6. The van der Waals surface area contributed by atoms with Crippen LogP contribution in [0, 0.1) is 11.7 Å². The average molecular weight is 580 g/mol. The average Bonchev–Trinajstić information content (AvgIpc) is 3.72. The zero-order valence-electron chi connectivity index (χ0n) is 21.0. The number of fused-ring (bicyclic) bond motifs is 2. The van der Waals surface area contributed by atoms with E-state index in [1.807, 2.05) is 0 Å². The Bertz CT molecular complexity index is 1500. The van der Waals surface area contributed by atoms with Gasteiger partial charge >= 0.3 is 6.18 Å². The van der Waals surface area contributed by atoms with Crippen molar-refractivity contribution >= 4 is 39.0 Å². The van der Waals surface area contributed by atoms with Crippen molar-refractivity contribution in [3.63, 3.8) is 0 Å². The highest BCUT2D eigenvalue weighted by atomic mass is 32.2. The van der Waals surface area contributed by atoms with Crippen molar-refractivity contribution in [3.05, 3.63) is 53.3 Å². The predicted octanol–water partition coefficient (Wildman–Crippen LogP) is 3.53. The molecule has 2 aromatic rings. The molecule has 212 valence electrons. The Morgan fingerprint density at radius 2 is 1.73 bits per heavy atom. The van der Waals surface area contributed by atoms with Crippen LogP contribution in [0.15, 0.2) is 45.7 Å². The molecule has 2 aromatic carbocycles. The first-order valence-electron chi connectivity index (χ1n) is 12.9. The lowest BCUT2D eigenvalue weighted by atomic mass is 9.95. The van der Waals surface area contributed by atoms with E-state index >= 15 is 0 Å². The molecule has 6 rings (SSSR count). The second kappa shape index (κ2) is 9.54. The quantitative estimate of drug-likeness (QED) is 0.398. The second-order valence-electron chi connectivity index (χ2n) is 10.4. The van der Waals surface area contributed by atoms with Crippen LogP contribution < -0.4 is 15.5 Å². The number of benzene rings is 2. The van der Waals surface area contributed by atoms with Gasteiger partial charge in [0.1, 0.15) is 22.6 Å². The van der Waals surface area contributed by atoms with Crippen molar-refractivity contribution in [1.29, 1.82) is 0 Å². The number of nitrogens with zero attached hydrogens (tertiary/aromatic N) is 3. The molecule has 1 aliphatic carbocycles. The van der Waals surface area contributed by atoms with Crippen molar-refractivity contribution in [2.75, 3.05) is 29.9 Å². The Morgan fingerprint density at radius 3 is 2.35 bits per heavy atom. The fraction of sp³-hybridized carbons (Fsp3) is 0.423. The molecule has 1 saturated carbocycles. The van der Waals surface area contributed by atoms with Crippen molar-refractivity contribution in [2.24, 2.45) is 10.3 Å². The summed E-state index contributed by atoms with van der Waals surface area (Å²) in [5, 5.41) is 5.91. The number of amidine groups is 1. The minimum absolute atomic E-state index is 0.00823. The Morgan fingerprint density at radius 1 is 1.05 bits per heavy atom. The highest BCUT2D eigenvalue weighted by molar-refractivity contribution is 7.90. The second-order valence-corrected chi connectivity index (χ2v) is 12.0. The largest absolute Gasteiger partial charge is 0.408 e. The molecule has 4 aliphatic rings. The van der Waals surface area contributed by atoms with Crippen LogP contribution in [0.1, 0.15) is 46.4 Å². The van der Waals surface area contributed by atoms with E-state index in [4.69, 9.17) is 0 Å². The van der Waals surface area contributed by atoms with Crippen LogP contribution in [0.4, 0.5) is 28.9 Å². The highest BCUT2D eigenvalue weighted by Crippen LogP contribution is 2.44. The van der Waals surface area contributed by atoms with Gasteiger partial charge in [-0.1, -0.05) is 12.1 Å². The van der Waals surface area contributed by atoms with Gasteiger partial charge in [-0.3, -0.25) is 14.5 Å². The number of piperidine rings is 1. The third-order valence-corrected chi connectivity index (χ3v) is 9.01. The summed E-state index contributed by atoms with van der Waals surface area (Å²) in [5.41, 5.74) is 0.312. The van der Waals surface area contributed by atoms with Gasteiger partial charge in [0.05, 0.1) is 22.5 Å². The zero-order chi connectivity index (χ0) is 28.4. The van der Waals surface area contributed by atoms with Crippen LogP contribution in [0.3, 0.4) is 0 Å². The summed E-state index contributed by atoms with van der Waals surface area (Å²) in [6, 6.07) is 5.46. The van der Waals surface area contributed by atoms with Gasteiger partial charge in [-0.25, -0.2) is 4.39 Å². The molecule has 0 aromatic heterocycles. The maximum absolute atomic E-state index is 14.6. The number of imide groups is 1. The minimum Gasteiger partial charge on any atom is -0.358 e. The molecule has 0 radical (unpaired) electrons. The number of hydrogen-bond acceptors (Lipinski definition) is 7. The molecule has 0 unspecified atom stereocenters. The van der Waals surface area contributed by atoms with Crippen LogP contribution in [-0.4, -0.2) is 68.9 Å². The fourth-order valence-electron chi connectivity index (χ4n) is 5.56. The number of nitrogens with one attached hydrogen (secondary N) is 2. The summed E-state index contributed by atoms with van der Waals surface area (Å²) in [4.78, 5) is 26.7. The van der Waals surface area contributed by atoms with Crippen molar-refractivity contribution in [2.45, 2.75) is 48.8 Å². The molecular weight excluding hydrogens is 554 g/mol. The first kappa shape index (κ1) is 26.7. The predicted molar refractivity (Wildman–Crippen MR) is 137 cm³/mol. The summed E-state index contributed by atoms with van der Waals surface area (Å²) in [6.07, 6.45) is -3.46. The molecule has 0 bridgehead atoms. The lowest BCUT2D eigenvalue weighted by molar-refractivity contribution is -0.154. The minimum atomic E-state index is -4.71. The SMILES string of the molecule is O=C1c2ccccc2C(=O)N1CCN[C@@H]1CCN(c2cc(F)cc3c2NC(C2CC2)=NS3(=O)=O)[C@H](C(F)(F)F)C1. The fourth-order valence-corrected chi connectivity index (χ4v) is 6.79. The number of alkyl halides is 3. The van der Waals surface area contributed by atoms with E-state index in [0.29, 0.717) is 24.0 Å². The number of halogens is 4. The van der Waals surface area contributed by atoms with E-state index in [-0.39, 0.29) is 49.2 Å². The molecule has 9 nitrogen and oxygen atoms in total. The molecular formula is C26H25F4N5O4S. The van der Waals surface area contributed by atoms with E-state index in [9.17, 15) is 35.6 Å². The van der Waals surface area contributed by atoms with Gasteiger partial charge < -0.3 is 15.5 Å². The van der Waals surface area contributed by atoms with Gasteiger partial charge in [0.25, 0.3) is 21.8 Å². The molecule has 2 fully saturated rings. The van der Waals surface area contributed by atoms with Crippen molar-refractivity contribution in [3.8, 4) is 0 Å². The molecule has 2 N–H and O–H groups in total. The number of anilines is 2. The van der Waals surface area contributed by atoms with Gasteiger partial charge in [-0.15, -0.1) is 4.40 Å². The first-order valence-corrected chi connectivity index (χ1v) is 14.4. The van der Waals surface area contributed by atoms with Crippen LogP contribution in [0.5, 0.6) is 0 Å². The summed E-state index contributed by atoms with van der Waals surface area (Å²) >= 11 is 0. The summed E-state index contributed by atoms with van der Waals surface area (Å²) in [6.45, 7) is -0.0504. The number of hydrogen-bond donors (Lipinski definition) is 2. The molecule has 14 heteroatoms. The summed E-state index contributed by atoms with van der Waals surface area (Å²) in [7, 11) is -4.29. The topological polar surface area (TPSA) is 111 Å². The van der Waals surface area contributed by atoms with Crippen LogP contribution >= 0.6 is 0 Å². The van der Waals surface area contributed by atoms with E-state index in [0.717, 1.165) is 21.9 Å². The van der Waals surface area contributed by atoms with Crippen LogP contribution in [0.25, 0.3) is 0 Å². The number of carbonyl (C=O) groups is 2. The maximum atomic E-state index is 14.6. The number of amides is 2.